The fourth-order valence-electron chi connectivity index (χ4n) is 4.14. The van der Waals surface area contributed by atoms with Crippen molar-refractivity contribution in [2.45, 2.75) is 65.1 Å². The van der Waals surface area contributed by atoms with Crippen LogP contribution < -0.4 is 14.8 Å². The first-order valence-corrected chi connectivity index (χ1v) is 13.3. The van der Waals surface area contributed by atoms with Crippen molar-refractivity contribution in [1.82, 2.24) is 10.2 Å². The number of nitrogens with one attached hydrogen (secondary N) is 1. The van der Waals surface area contributed by atoms with E-state index in [1.165, 1.54) is 5.56 Å². The molecule has 3 rings (SSSR count). The molecule has 0 saturated heterocycles. The van der Waals surface area contributed by atoms with Gasteiger partial charge in [-0.15, -0.1) is 0 Å². The van der Waals surface area contributed by atoms with Crippen molar-refractivity contribution in [3.63, 3.8) is 0 Å². The SMILES string of the molecule is CC[C@H](C)NC(=O)[C@@H](Cc1ccccc1)N(Cc1cccc(OC)c1)C(=O)COc1ccc(C(C)C)cc1. The van der Waals surface area contributed by atoms with Crippen LogP contribution in [-0.4, -0.2) is 42.5 Å². The van der Waals surface area contributed by atoms with Crippen molar-refractivity contribution >= 4 is 11.8 Å². The van der Waals surface area contributed by atoms with Crippen LogP contribution >= 0.6 is 0 Å². The third-order valence-corrected chi connectivity index (χ3v) is 6.67. The minimum atomic E-state index is -0.711. The summed E-state index contributed by atoms with van der Waals surface area (Å²) in [4.78, 5) is 28.9. The number of hydrogen-bond donors (Lipinski definition) is 1. The minimum Gasteiger partial charge on any atom is -0.497 e. The van der Waals surface area contributed by atoms with Crippen molar-refractivity contribution in [1.29, 1.82) is 0 Å². The number of nitrogens with zero attached hydrogens (tertiary/aromatic N) is 1. The Morgan fingerprint density at radius 3 is 2.18 bits per heavy atom. The quantitative estimate of drug-likeness (QED) is 0.314. The van der Waals surface area contributed by atoms with Crippen molar-refractivity contribution in [2.75, 3.05) is 13.7 Å². The molecule has 0 aliphatic carbocycles. The van der Waals surface area contributed by atoms with E-state index in [-0.39, 0.29) is 31.0 Å². The molecule has 202 valence electrons. The molecule has 0 spiro atoms. The van der Waals surface area contributed by atoms with Gasteiger partial charge in [-0.1, -0.05) is 75.4 Å². The van der Waals surface area contributed by atoms with Gasteiger partial charge in [-0.25, -0.2) is 0 Å². The molecule has 0 aromatic heterocycles. The van der Waals surface area contributed by atoms with Crippen LogP contribution in [0, 0.1) is 0 Å². The van der Waals surface area contributed by atoms with Gasteiger partial charge in [0.1, 0.15) is 17.5 Å². The Bertz CT molecular complexity index is 1160. The van der Waals surface area contributed by atoms with Gasteiger partial charge in [0.15, 0.2) is 6.61 Å². The van der Waals surface area contributed by atoms with Gasteiger partial charge in [-0.2, -0.15) is 0 Å². The highest BCUT2D eigenvalue weighted by atomic mass is 16.5. The van der Waals surface area contributed by atoms with Crippen LogP contribution in [0.2, 0.25) is 0 Å². The molecule has 6 nitrogen and oxygen atoms in total. The second kappa shape index (κ2) is 14.2. The third-order valence-electron chi connectivity index (χ3n) is 6.67. The highest BCUT2D eigenvalue weighted by Gasteiger charge is 2.31. The Balaban J connectivity index is 1.90. The molecule has 0 aliphatic heterocycles. The summed E-state index contributed by atoms with van der Waals surface area (Å²) in [5.74, 6) is 1.28. The van der Waals surface area contributed by atoms with E-state index in [0.29, 0.717) is 23.8 Å². The summed E-state index contributed by atoms with van der Waals surface area (Å²) in [5.41, 5.74) is 3.05. The summed E-state index contributed by atoms with van der Waals surface area (Å²) in [5, 5.41) is 3.09. The zero-order chi connectivity index (χ0) is 27.5. The van der Waals surface area contributed by atoms with Gasteiger partial charge in [-0.3, -0.25) is 9.59 Å². The molecular weight excluding hydrogens is 476 g/mol. The largest absolute Gasteiger partial charge is 0.497 e. The summed E-state index contributed by atoms with van der Waals surface area (Å²) in [6.45, 7) is 8.33. The lowest BCUT2D eigenvalue weighted by molar-refractivity contribution is -0.143. The van der Waals surface area contributed by atoms with Crippen LogP contribution in [0.4, 0.5) is 0 Å². The smallest absolute Gasteiger partial charge is 0.261 e. The Morgan fingerprint density at radius 1 is 0.868 bits per heavy atom. The molecule has 2 amide bonds. The first-order valence-electron chi connectivity index (χ1n) is 13.3. The molecule has 0 fully saturated rings. The predicted octanol–water partition coefficient (Wildman–Crippen LogP) is 5.75. The molecule has 1 N–H and O–H groups in total. The van der Waals surface area contributed by atoms with Crippen molar-refractivity contribution in [3.8, 4) is 11.5 Å². The van der Waals surface area contributed by atoms with Crippen LogP contribution in [0.1, 0.15) is 56.7 Å². The lowest BCUT2D eigenvalue weighted by Crippen LogP contribution is -2.53. The fourth-order valence-corrected chi connectivity index (χ4v) is 4.14. The van der Waals surface area contributed by atoms with Crippen molar-refractivity contribution < 1.29 is 19.1 Å². The average Bonchev–Trinajstić information content (AvgIpc) is 2.94. The van der Waals surface area contributed by atoms with Crippen LogP contribution in [-0.2, 0) is 22.6 Å². The first kappa shape index (κ1) is 28.8. The maximum Gasteiger partial charge on any atom is 0.261 e. The van der Waals surface area contributed by atoms with Crippen LogP contribution in [0.3, 0.4) is 0 Å². The summed E-state index contributed by atoms with van der Waals surface area (Å²) >= 11 is 0. The fraction of sp³-hybridized carbons (Fsp3) is 0.375. The highest BCUT2D eigenvalue weighted by molar-refractivity contribution is 5.88. The van der Waals surface area contributed by atoms with Gasteiger partial charge >= 0.3 is 0 Å². The topological polar surface area (TPSA) is 67.9 Å². The van der Waals surface area contributed by atoms with E-state index in [1.807, 2.05) is 92.7 Å². The number of carbonyl (C=O) groups excluding carboxylic acids is 2. The van der Waals surface area contributed by atoms with Crippen LogP contribution in [0.5, 0.6) is 11.5 Å². The van der Waals surface area contributed by atoms with Gasteiger partial charge in [0, 0.05) is 19.0 Å². The zero-order valence-electron chi connectivity index (χ0n) is 23.1. The maximum absolute atomic E-state index is 13.7. The number of methoxy groups -OCH3 is 1. The van der Waals surface area contributed by atoms with Gasteiger partial charge in [-0.05, 0) is 60.2 Å². The molecule has 0 aliphatic rings. The summed E-state index contributed by atoms with van der Waals surface area (Å²) in [6.07, 6.45) is 1.19. The lowest BCUT2D eigenvalue weighted by atomic mass is 10.0. The molecular formula is C32H40N2O4. The lowest BCUT2D eigenvalue weighted by Gasteiger charge is -2.32. The van der Waals surface area contributed by atoms with E-state index >= 15 is 0 Å². The van der Waals surface area contributed by atoms with Crippen molar-refractivity contribution in [3.05, 3.63) is 95.6 Å². The van der Waals surface area contributed by atoms with E-state index in [9.17, 15) is 9.59 Å². The third kappa shape index (κ3) is 8.37. The van der Waals surface area contributed by atoms with Gasteiger partial charge in [0.05, 0.1) is 7.11 Å². The van der Waals surface area contributed by atoms with Crippen LogP contribution in [0.25, 0.3) is 0 Å². The normalized spacial score (nSPS) is 12.5. The molecule has 3 aromatic rings. The summed E-state index contributed by atoms with van der Waals surface area (Å²) in [7, 11) is 1.61. The highest BCUT2D eigenvalue weighted by Crippen LogP contribution is 2.21. The van der Waals surface area contributed by atoms with E-state index in [4.69, 9.17) is 9.47 Å². The molecule has 6 heteroatoms. The Kier molecular flexibility index (Phi) is 10.8. The number of amides is 2. The average molecular weight is 517 g/mol. The molecule has 38 heavy (non-hydrogen) atoms. The predicted molar refractivity (Wildman–Crippen MR) is 151 cm³/mol. The Labute approximate surface area is 227 Å². The second-order valence-corrected chi connectivity index (χ2v) is 9.91. The molecule has 0 saturated carbocycles. The van der Waals surface area contributed by atoms with Gasteiger partial charge in [0.25, 0.3) is 5.91 Å². The first-order chi connectivity index (χ1) is 18.3. The number of carbonyl (C=O) groups is 2. The van der Waals surface area contributed by atoms with E-state index in [1.54, 1.807) is 12.0 Å². The Morgan fingerprint density at radius 2 is 1.55 bits per heavy atom. The zero-order valence-corrected chi connectivity index (χ0v) is 23.1. The van der Waals surface area contributed by atoms with E-state index < -0.39 is 6.04 Å². The molecule has 0 unspecified atom stereocenters. The van der Waals surface area contributed by atoms with E-state index in [2.05, 4.69) is 19.2 Å². The molecule has 0 heterocycles. The second-order valence-electron chi connectivity index (χ2n) is 9.91. The molecule has 0 radical (unpaired) electrons. The van der Waals surface area contributed by atoms with Crippen LogP contribution in [0.15, 0.2) is 78.9 Å². The Hall–Kier alpha value is -3.80. The van der Waals surface area contributed by atoms with Gasteiger partial charge < -0.3 is 19.7 Å². The number of benzene rings is 3. The number of ether oxygens (including phenoxy) is 2. The monoisotopic (exact) mass is 516 g/mol. The number of rotatable bonds is 13. The summed E-state index contributed by atoms with van der Waals surface area (Å²) < 4.78 is 11.3. The minimum absolute atomic E-state index is 0.00901. The molecule has 3 aromatic carbocycles. The summed E-state index contributed by atoms with van der Waals surface area (Å²) in [6, 6.07) is 24.4. The van der Waals surface area contributed by atoms with Crippen molar-refractivity contribution in [2.24, 2.45) is 0 Å². The maximum atomic E-state index is 13.7. The molecule has 0 bridgehead atoms. The molecule has 2 atom stereocenters. The number of hydrogen-bond acceptors (Lipinski definition) is 4. The van der Waals surface area contributed by atoms with E-state index in [0.717, 1.165) is 17.5 Å². The van der Waals surface area contributed by atoms with Gasteiger partial charge in [0.2, 0.25) is 5.91 Å². The standard InChI is InChI=1S/C32H40N2O4/c1-6-24(4)33-32(36)30(20-25-11-8-7-9-12-25)34(21-26-13-10-14-29(19-26)37-5)31(35)22-38-28-17-15-27(16-18-28)23(2)3/h7-19,23-24,30H,6,20-22H2,1-5H3,(H,33,36)/t24-,30+/m0/s1.